The minimum absolute atomic E-state index is 0.000713. The Bertz CT molecular complexity index is 672. The number of rotatable bonds is 4. The quantitative estimate of drug-likeness (QED) is 0.900. The first-order valence-corrected chi connectivity index (χ1v) is 7.76. The number of nitrogens with one attached hydrogen (secondary N) is 1. The summed E-state index contributed by atoms with van der Waals surface area (Å²) in [5.74, 6) is 0.000713. The van der Waals surface area contributed by atoms with Crippen molar-refractivity contribution >= 4 is 16.8 Å². The number of hydrogen-bond donors (Lipinski definition) is 2. The normalized spacial score (nSPS) is 17.5. The van der Waals surface area contributed by atoms with E-state index in [1.165, 1.54) is 0 Å². The lowest BCUT2D eigenvalue weighted by atomic mass is 9.91. The maximum Gasteiger partial charge on any atom is 0.240 e. The van der Waals surface area contributed by atoms with Gasteiger partial charge in [-0.1, -0.05) is 18.2 Å². The second-order valence-corrected chi connectivity index (χ2v) is 6.18. The molecule has 1 aliphatic rings. The molecule has 0 spiro atoms. The number of nitrogens with zero attached hydrogens (tertiary/aromatic N) is 1. The van der Waals surface area contributed by atoms with Crippen molar-refractivity contribution in [2.75, 3.05) is 19.8 Å². The lowest BCUT2D eigenvalue weighted by Crippen LogP contribution is -2.53. The van der Waals surface area contributed by atoms with Gasteiger partial charge in [-0.25, -0.2) is 0 Å². The van der Waals surface area contributed by atoms with Crippen molar-refractivity contribution in [2.24, 2.45) is 5.73 Å². The van der Waals surface area contributed by atoms with Crippen LogP contribution in [0.2, 0.25) is 0 Å². The van der Waals surface area contributed by atoms with Gasteiger partial charge in [0.1, 0.15) is 6.54 Å². The fraction of sp³-hybridized carbons (Fsp3) is 0.471. The average Bonchev–Trinajstić information content (AvgIpc) is 2.82. The van der Waals surface area contributed by atoms with Crippen LogP contribution >= 0.6 is 0 Å². The fourth-order valence-electron chi connectivity index (χ4n) is 2.99. The molecule has 0 bridgehead atoms. The summed E-state index contributed by atoms with van der Waals surface area (Å²) in [6.45, 7) is 4.21. The van der Waals surface area contributed by atoms with E-state index >= 15 is 0 Å². The summed E-state index contributed by atoms with van der Waals surface area (Å²) in [7, 11) is 0. The van der Waals surface area contributed by atoms with Gasteiger partial charge in [0.25, 0.3) is 0 Å². The number of hydrogen-bond acceptors (Lipinski definition) is 3. The summed E-state index contributed by atoms with van der Waals surface area (Å²) in [4.78, 5) is 12.3. The van der Waals surface area contributed by atoms with Crippen LogP contribution in [-0.4, -0.2) is 35.8 Å². The lowest BCUT2D eigenvalue weighted by Gasteiger charge is -2.33. The second-order valence-electron chi connectivity index (χ2n) is 6.18. The molecule has 0 aliphatic carbocycles. The number of fused-ring (bicyclic) bond motifs is 1. The number of aryl methyl sites for hydroxylation is 1. The highest BCUT2D eigenvalue weighted by molar-refractivity contribution is 5.84. The standard InChI is InChI=1S/C17H23N3O2/c1-13-10-14-4-2-3-5-15(14)20(13)11-16(21)19-12-17(18)6-8-22-9-7-17/h2-5,10H,6-9,11-12,18H2,1H3,(H,19,21). The Morgan fingerprint density at radius 1 is 1.36 bits per heavy atom. The smallest absolute Gasteiger partial charge is 0.240 e. The van der Waals surface area contributed by atoms with Crippen LogP contribution in [0, 0.1) is 6.92 Å². The van der Waals surface area contributed by atoms with Gasteiger partial charge < -0.3 is 20.4 Å². The van der Waals surface area contributed by atoms with E-state index in [0.29, 0.717) is 26.3 Å². The molecule has 1 fully saturated rings. The Labute approximate surface area is 130 Å². The monoisotopic (exact) mass is 301 g/mol. The van der Waals surface area contributed by atoms with E-state index in [0.717, 1.165) is 29.4 Å². The van der Waals surface area contributed by atoms with Gasteiger partial charge in [0, 0.05) is 36.5 Å². The van der Waals surface area contributed by atoms with E-state index in [-0.39, 0.29) is 11.4 Å². The maximum atomic E-state index is 12.3. The Hall–Kier alpha value is -1.85. The van der Waals surface area contributed by atoms with Crippen LogP contribution in [0.15, 0.2) is 30.3 Å². The first-order valence-electron chi connectivity index (χ1n) is 7.76. The zero-order valence-corrected chi connectivity index (χ0v) is 13.0. The zero-order chi connectivity index (χ0) is 15.6. The van der Waals surface area contributed by atoms with E-state index in [4.69, 9.17) is 10.5 Å². The second kappa shape index (κ2) is 6.10. The van der Waals surface area contributed by atoms with E-state index < -0.39 is 0 Å². The molecule has 0 radical (unpaired) electrons. The molecule has 0 atom stereocenters. The van der Waals surface area contributed by atoms with Gasteiger partial charge in [-0.2, -0.15) is 0 Å². The summed E-state index contributed by atoms with van der Waals surface area (Å²) < 4.78 is 7.36. The summed E-state index contributed by atoms with van der Waals surface area (Å²) >= 11 is 0. The van der Waals surface area contributed by atoms with Gasteiger partial charge >= 0.3 is 0 Å². The van der Waals surface area contributed by atoms with Crippen molar-refractivity contribution in [1.82, 2.24) is 9.88 Å². The third-order valence-corrected chi connectivity index (χ3v) is 4.45. The molecule has 3 rings (SSSR count). The Morgan fingerprint density at radius 3 is 2.86 bits per heavy atom. The molecule has 0 saturated carbocycles. The molecule has 1 aromatic carbocycles. The summed E-state index contributed by atoms with van der Waals surface area (Å²) in [5, 5.41) is 4.14. The van der Waals surface area contributed by atoms with E-state index in [2.05, 4.69) is 17.4 Å². The van der Waals surface area contributed by atoms with Crippen molar-refractivity contribution < 1.29 is 9.53 Å². The van der Waals surface area contributed by atoms with Crippen LogP contribution in [0.4, 0.5) is 0 Å². The first-order chi connectivity index (χ1) is 10.6. The molecule has 1 saturated heterocycles. The zero-order valence-electron chi connectivity index (χ0n) is 13.0. The lowest BCUT2D eigenvalue weighted by molar-refractivity contribution is -0.122. The number of benzene rings is 1. The van der Waals surface area contributed by atoms with Crippen LogP contribution in [-0.2, 0) is 16.1 Å². The molecule has 2 heterocycles. The number of aromatic nitrogens is 1. The molecule has 5 nitrogen and oxygen atoms in total. The number of para-hydroxylation sites is 1. The third kappa shape index (κ3) is 3.15. The molecule has 22 heavy (non-hydrogen) atoms. The molecular formula is C17H23N3O2. The van der Waals surface area contributed by atoms with Gasteiger partial charge in [0.15, 0.2) is 0 Å². The topological polar surface area (TPSA) is 69.3 Å². The molecule has 1 aliphatic heterocycles. The summed E-state index contributed by atoms with van der Waals surface area (Å²) in [6, 6.07) is 10.2. The van der Waals surface area contributed by atoms with Gasteiger partial charge in [-0.05, 0) is 37.3 Å². The minimum atomic E-state index is -0.332. The van der Waals surface area contributed by atoms with E-state index in [1.54, 1.807) is 0 Å². The van der Waals surface area contributed by atoms with Crippen LogP contribution in [0.5, 0.6) is 0 Å². The molecule has 3 N–H and O–H groups in total. The number of ether oxygens (including phenoxy) is 1. The number of carbonyl (C=O) groups is 1. The average molecular weight is 301 g/mol. The maximum absolute atomic E-state index is 12.3. The largest absolute Gasteiger partial charge is 0.381 e. The van der Waals surface area contributed by atoms with Crippen LogP contribution in [0.1, 0.15) is 18.5 Å². The Balaban J connectivity index is 1.65. The van der Waals surface area contributed by atoms with Crippen molar-refractivity contribution in [1.29, 1.82) is 0 Å². The predicted octanol–water partition coefficient (Wildman–Crippen LogP) is 1.57. The van der Waals surface area contributed by atoms with Gasteiger partial charge in [-0.3, -0.25) is 4.79 Å². The highest BCUT2D eigenvalue weighted by Crippen LogP contribution is 2.19. The molecular weight excluding hydrogens is 278 g/mol. The van der Waals surface area contributed by atoms with Crippen molar-refractivity contribution in [3.63, 3.8) is 0 Å². The summed E-state index contributed by atoms with van der Waals surface area (Å²) in [6.07, 6.45) is 1.58. The molecule has 1 amide bonds. The highest BCUT2D eigenvalue weighted by atomic mass is 16.5. The highest BCUT2D eigenvalue weighted by Gasteiger charge is 2.28. The van der Waals surface area contributed by atoms with E-state index in [1.807, 2.05) is 29.7 Å². The van der Waals surface area contributed by atoms with Gasteiger partial charge in [0.2, 0.25) is 5.91 Å². The summed E-state index contributed by atoms with van der Waals surface area (Å²) in [5.41, 5.74) is 8.14. The minimum Gasteiger partial charge on any atom is -0.381 e. The predicted molar refractivity (Wildman–Crippen MR) is 86.7 cm³/mol. The molecule has 5 heteroatoms. The van der Waals surface area contributed by atoms with Crippen molar-refractivity contribution in [3.8, 4) is 0 Å². The number of carbonyl (C=O) groups excluding carboxylic acids is 1. The van der Waals surface area contributed by atoms with Gasteiger partial charge in [0.05, 0.1) is 0 Å². The molecule has 118 valence electrons. The van der Waals surface area contributed by atoms with Gasteiger partial charge in [-0.15, -0.1) is 0 Å². The van der Waals surface area contributed by atoms with Crippen molar-refractivity contribution in [2.45, 2.75) is 31.8 Å². The number of nitrogens with two attached hydrogens (primary N) is 1. The molecule has 0 unspecified atom stereocenters. The molecule has 1 aromatic heterocycles. The SMILES string of the molecule is Cc1cc2ccccc2n1CC(=O)NCC1(N)CCOCC1. The van der Waals surface area contributed by atoms with Crippen molar-refractivity contribution in [3.05, 3.63) is 36.0 Å². The number of amides is 1. The fourth-order valence-corrected chi connectivity index (χ4v) is 2.99. The van der Waals surface area contributed by atoms with E-state index in [9.17, 15) is 4.79 Å². The molecule has 2 aromatic rings. The van der Waals surface area contributed by atoms with Crippen LogP contribution < -0.4 is 11.1 Å². The third-order valence-electron chi connectivity index (χ3n) is 4.45. The Kier molecular flexibility index (Phi) is 4.18. The first kappa shape index (κ1) is 15.1. The van der Waals surface area contributed by atoms with Crippen LogP contribution in [0.25, 0.3) is 10.9 Å². The van der Waals surface area contributed by atoms with Crippen LogP contribution in [0.3, 0.4) is 0 Å². The Morgan fingerprint density at radius 2 is 2.09 bits per heavy atom.